The first-order chi connectivity index (χ1) is 9.78. The molecule has 0 saturated carbocycles. The molecule has 2 aromatic carbocycles. The van der Waals surface area contributed by atoms with Gasteiger partial charge in [0.15, 0.2) is 11.5 Å². The number of methoxy groups -OCH3 is 2. The van der Waals surface area contributed by atoms with Crippen LogP contribution in [0.4, 0.5) is 0 Å². The number of carbonyl (C=O) groups excluding carboxylic acids is 1. The molecule has 0 aliphatic rings. The molecule has 0 saturated heterocycles. The van der Waals surface area contributed by atoms with Crippen molar-refractivity contribution in [1.82, 2.24) is 0 Å². The summed E-state index contributed by atoms with van der Waals surface area (Å²) in [6, 6.07) is 15.5. The Labute approximate surface area is 119 Å². The van der Waals surface area contributed by atoms with Crippen LogP contribution in [-0.2, 0) is 11.2 Å². The Morgan fingerprint density at radius 1 is 1.00 bits per heavy atom. The third-order valence-electron chi connectivity index (χ3n) is 3.30. The van der Waals surface area contributed by atoms with Crippen LogP contribution in [0.2, 0.25) is 0 Å². The summed E-state index contributed by atoms with van der Waals surface area (Å²) in [5.74, 6) is 1.23. The van der Waals surface area contributed by atoms with Crippen molar-refractivity contribution in [3.8, 4) is 11.5 Å². The van der Waals surface area contributed by atoms with Crippen LogP contribution in [0.5, 0.6) is 11.5 Å². The zero-order valence-corrected chi connectivity index (χ0v) is 11.7. The van der Waals surface area contributed by atoms with Gasteiger partial charge in [0.1, 0.15) is 6.29 Å². The summed E-state index contributed by atoms with van der Waals surface area (Å²) < 4.78 is 10.5. The number of hydrogen-bond acceptors (Lipinski definition) is 3. The van der Waals surface area contributed by atoms with Gasteiger partial charge < -0.3 is 14.3 Å². The van der Waals surface area contributed by atoms with E-state index < -0.39 is 0 Å². The van der Waals surface area contributed by atoms with Gasteiger partial charge in [-0.3, -0.25) is 0 Å². The van der Waals surface area contributed by atoms with Gasteiger partial charge in [0.2, 0.25) is 0 Å². The fourth-order valence-electron chi connectivity index (χ4n) is 2.21. The molecule has 2 rings (SSSR count). The Morgan fingerprint density at radius 2 is 1.70 bits per heavy atom. The van der Waals surface area contributed by atoms with E-state index in [9.17, 15) is 4.79 Å². The smallest absolute Gasteiger partial charge is 0.160 e. The fourth-order valence-corrected chi connectivity index (χ4v) is 2.21. The van der Waals surface area contributed by atoms with Crippen LogP contribution < -0.4 is 9.47 Å². The number of benzene rings is 2. The van der Waals surface area contributed by atoms with E-state index >= 15 is 0 Å². The molecule has 0 aromatic heterocycles. The van der Waals surface area contributed by atoms with Crippen LogP contribution in [0.15, 0.2) is 48.5 Å². The van der Waals surface area contributed by atoms with Crippen molar-refractivity contribution < 1.29 is 14.3 Å². The van der Waals surface area contributed by atoms with Crippen LogP contribution in [0.25, 0.3) is 0 Å². The highest BCUT2D eigenvalue weighted by molar-refractivity contribution is 5.63. The van der Waals surface area contributed by atoms with Gasteiger partial charge in [0, 0.05) is 5.92 Å². The largest absolute Gasteiger partial charge is 0.493 e. The zero-order chi connectivity index (χ0) is 14.4. The molecule has 0 N–H and O–H groups in total. The highest BCUT2D eigenvalue weighted by Crippen LogP contribution is 2.29. The fraction of sp³-hybridized carbons (Fsp3) is 0.235. The summed E-state index contributed by atoms with van der Waals surface area (Å²) in [5.41, 5.74) is 2.07. The second-order valence-corrected chi connectivity index (χ2v) is 4.55. The lowest BCUT2D eigenvalue weighted by molar-refractivity contribution is -0.109. The van der Waals surface area contributed by atoms with Gasteiger partial charge in [0.25, 0.3) is 0 Å². The molecule has 3 heteroatoms. The lowest BCUT2D eigenvalue weighted by atomic mass is 9.93. The molecule has 0 aliphatic heterocycles. The molecule has 0 aliphatic carbocycles. The van der Waals surface area contributed by atoms with Crippen molar-refractivity contribution in [3.05, 3.63) is 59.7 Å². The number of rotatable bonds is 6. The Balaban J connectivity index is 2.22. The monoisotopic (exact) mass is 270 g/mol. The molecule has 1 unspecified atom stereocenters. The quantitative estimate of drug-likeness (QED) is 0.756. The first-order valence-corrected chi connectivity index (χ1v) is 6.49. The molecule has 0 amide bonds. The topological polar surface area (TPSA) is 35.5 Å². The van der Waals surface area contributed by atoms with Crippen molar-refractivity contribution in [2.75, 3.05) is 14.2 Å². The number of ether oxygens (including phenoxy) is 2. The van der Waals surface area contributed by atoms with Gasteiger partial charge in [0.05, 0.1) is 14.2 Å². The molecule has 0 radical (unpaired) electrons. The van der Waals surface area contributed by atoms with Crippen LogP contribution in [-0.4, -0.2) is 20.5 Å². The third-order valence-corrected chi connectivity index (χ3v) is 3.30. The van der Waals surface area contributed by atoms with E-state index in [1.165, 1.54) is 0 Å². The summed E-state index contributed by atoms with van der Waals surface area (Å²) in [5, 5.41) is 0. The van der Waals surface area contributed by atoms with Gasteiger partial charge in [-0.2, -0.15) is 0 Å². The zero-order valence-electron chi connectivity index (χ0n) is 11.7. The highest BCUT2D eigenvalue weighted by atomic mass is 16.5. The van der Waals surface area contributed by atoms with Crippen LogP contribution in [0, 0.1) is 0 Å². The molecule has 3 nitrogen and oxygen atoms in total. The second kappa shape index (κ2) is 6.75. The maximum Gasteiger partial charge on any atom is 0.160 e. The third kappa shape index (κ3) is 3.18. The van der Waals surface area contributed by atoms with E-state index in [1.807, 2.05) is 48.5 Å². The van der Waals surface area contributed by atoms with Gasteiger partial charge in [-0.05, 0) is 29.7 Å². The number of carbonyl (C=O) groups is 1. The molecule has 0 fully saturated rings. The normalized spacial score (nSPS) is 11.7. The molecule has 0 spiro atoms. The minimum atomic E-state index is -0.144. The van der Waals surface area contributed by atoms with Gasteiger partial charge in [-0.1, -0.05) is 36.4 Å². The van der Waals surface area contributed by atoms with E-state index in [4.69, 9.17) is 9.47 Å². The Bertz CT molecular complexity index is 564. The Kier molecular flexibility index (Phi) is 4.77. The van der Waals surface area contributed by atoms with Crippen molar-refractivity contribution in [2.24, 2.45) is 0 Å². The Hall–Kier alpha value is -2.29. The first kappa shape index (κ1) is 14.1. The van der Waals surface area contributed by atoms with E-state index in [0.717, 1.165) is 17.4 Å². The maximum atomic E-state index is 11.3. The maximum absolute atomic E-state index is 11.3. The van der Waals surface area contributed by atoms with E-state index in [0.29, 0.717) is 17.9 Å². The standard InChI is InChI=1S/C17H18O3/c1-19-16-9-8-13(11-17(16)20-2)10-15(12-18)14-6-4-3-5-7-14/h3-9,11-12,15H,10H2,1-2H3. The SMILES string of the molecule is COc1ccc(CC(C=O)c2ccccc2)cc1OC. The molecule has 104 valence electrons. The molecule has 20 heavy (non-hydrogen) atoms. The van der Waals surface area contributed by atoms with E-state index in [-0.39, 0.29) is 5.92 Å². The molecular formula is C17H18O3. The van der Waals surface area contributed by atoms with Crippen LogP contribution >= 0.6 is 0 Å². The predicted molar refractivity (Wildman–Crippen MR) is 78.5 cm³/mol. The lowest BCUT2D eigenvalue weighted by Gasteiger charge is -2.13. The second-order valence-electron chi connectivity index (χ2n) is 4.55. The number of aldehydes is 1. The molecular weight excluding hydrogens is 252 g/mol. The van der Waals surface area contributed by atoms with Crippen molar-refractivity contribution in [1.29, 1.82) is 0 Å². The van der Waals surface area contributed by atoms with E-state index in [2.05, 4.69) is 0 Å². The van der Waals surface area contributed by atoms with Crippen molar-refractivity contribution in [3.63, 3.8) is 0 Å². The molecule has 1 atom stereocenters. The minimum Gasteiger partial charge on any atom is -0.493 e. The van der Waals surface area contributed by atoms with Gasteiger partial charge in [-0.15, -0.1) is 0 Å². The van der Waals surface area contributed by atoms with Crippen LogP contribution in [0.1, 0.15) is 17.0 Å². The number of hydrogen-bond donors (Lipinski definition) is 0. The van der Waals surface area contributed by atoms with Crippen LogP contribution in [0.3, 0.4) is 0 Å². The van der Waals surface area contributed by atoms with Crippen molar-refractivity contribution >= 4 is 6.29 Å². The van der Waals surface area contributed by atoms with E-state index in [1.54, 1.807) is 14.2 Å². The average Bonchev–Trinajstić information content (AvgIpc) is 2.53. The first-order valence-electron chi connectivity index (χ1n) is 6.49. The summed E-state index contributed by atoms with van der Waals surface area (Å²) in [7, 11) is 3.21. The summed E-state index contributed by atoms with van der Waals surface area (Å²) in [6.45, 7) is 0. The lowest BCUT2D eigenvalue weighted by Crippen LogP contribution is -2.04. The highest BCUT2D eigenvalue weighted by Gasteiger charge is 2.12. The minimum absolute atomic E-state index is 0.144. The predicted octanol–water partition coefficient (Wildman–Crippen LogP) is 3.23. The van der Waals surface area contributed by atoms with Gasteiger partial charge in [-0.25, -0.2) is 0 Å². The summed E-state index contributed by atoms with van der Waals surface area (Å²) >= 11 is 0. The van der Waals surface area contributed by atoms with Gasteiger partial charge >= 0.3 is 0 Å². The average molecular weight is 270 g/mol. The Morgan fingerprint density at radius 3 is 2.30 bits per heavy atom. The molecule has 0 bridgehead atoms. The molecule has 2 aromatic rings. The summed E-state index contributed by atoms with van der Waals surface area (Å²) in [4.78, 5) is 11.3. The molecule has 0 heterocycles. The summed E-state index contributed by atoms with van der Waals surface area (Å²) in [6.07, 6.45) is 1.64. The van der Waals surface area contributed by atoms with Crippen molar-refractivity contribution in [2.45, 2.75) is 12.3 Å².